The van der Waals surface area contributed by atoms with Gasteiger partial charge in [-0.05, 0) is 0 Å². The van der Waals surface area contributed by atoms with Crippen LogP contribution in [0.25, 0.3) is 0 Å². The Hall–Kier alpha value is -0.330. The maximum atomic E-state index is 10.3. The lowest BCUT2D eigenvalue weighted by atomic mass is 10.4. The molecule has 0 amide bonds. The molecule has 0 aromatic heterocycles. The van der Waals surface area contributed by atoms with E-state index in [2.05, 4.69) is 13.7 Å². The average molecular weight is 201 g/mol. The van der Waals surface area contributed by atoms with Crippen molar-refractivity contribution in [3.8, 4) is 0 Å². The number of hydrogen-bond acceptors (Lipinski definition) is 5. The molecule has 2 unspecified atom stereocenters. The van der Waals surface area contributed by atoms with Gasteiger partial charge in [0.2, 0.25) is 0 Å². The van der Waals surface area contributed by atoms with Crippen LogP contribution in [0.15, 0.2) is 0 Å². The molecule has 0 saturated carbocycles. The fraction of sp³-hybridized carbons (Fsp3) is 0.750. The maximum absolute atomic E-state index is 10.3. The molecular weight excluding hydrogens is 196 g/mol. The van der Waals surface area contributed by atoms with E-state index in [1.54, 1.807) is 0 Å². The number of rotatable bonds is 3. The third-order valence-electron chi connectivity index (χ3n) is 0.997. The van der Waals surface area contributed by atoms with Crippen LogP contribution in [0.3, 0.4) is 0 Å². The van der Waals surface area contributed by atoms with Crippen LogP contribution in [-0.4, -0.2) is 29.7 Å². The van der Waals surface area contributed by atoms with Crippen LogP contribution in [0.1, 0.15) is 0 Å². The Morgan fingerprint density at radius 1 is 1.82 bits per heavy atom. The van der Waals surface area contributed by atoms with Crippen molar-refractivity contribution in [2.45, 2.75) is 6.10 Å². The standard InChI is InChI=1S/C4H5ClO5S/c5-11(7)9-2-3-1-8-4(6)10-3/h3H,1-2H2. The molecule has 64 valence electrons. The first-order chi connectivity index (χ1) is 5.18. The van der Waals surface area contributed by atoms with Gasteiger partial charge in [-0.25, -0.2) is 9.00 Å². The summed E-state index contributed by atoms with van der Waals surface area (Å²) in [6.07, 6.45) is -1.23. The van der Waals surface area contributed by atoms with Gasteiger partial charge in [-0.15, -0.1) is 0 Å². The second kappa shape index (κ2) is 3.89. The summed E-state index contributed by atoms with van der Waals surface area (Å²) in [4.78, 5) is 10.3. The fourth-order valence-corrected chi connectivity index (χ4v) is 0.990. The van der Waals surface area contributed by atoms with Gasteiger partial charge in [-0.3, -0.25) is 4.18 Å². The van der Waals surface area contributed by atoms with Gasteiger partial charge in [0.1, 0.15) is 13.2 Å². The first-order valence-electron chi connectivity index (χ1n) is 2.73. The van der Waals surface area contributed by atoms with Crippen LogP contribution < -0.4 is 0 Å². The molecule has 1 fully saturated rings. The minimum absolute atomic E-state index is 0.0121. The van der Waals surface area contributed by atoms with Crippen LogP contribution in [0.4, 0.5) is 4.79 Å². The SMILES string of the molecule is O=C1OCC(COS(=O)Cl)O1. The van der Waals surface area contributed by atoms with E-state index in [-0.39, 0.29) is 13.2 Å². The summed E-state index contributed by atoms with van der Waals surface area (Å²) in [6.45, 7) is 0.106. The number of carbonyl (C=O) groups is 1. The molecule has 2 atom stereocenters. The molecule has 0 N–H and O–H groups in total. The normalized spacial score (nSPS) is 25.9. The lowest BCUT2D eigenvalue weighted by Gasteiger charge is -2.02. The molecule has 0 spiro atoms. The zero-order valence-electron chi connectivity index (χ0n) is 5.32. The van der Waals surface area contributed by atoms with Crippen molar-refractivity contribution in [3.63, 3.8) is 0 Å². The summed E-state index contributed by atoms with van der Waals surface area (Å²) in [7, 11) is 3.11. The zero-order valence-corrected chi connectivity index (χ0v) is 6.89. The van der Waals surface area contributed by atoms with E-state index in [1.165, 1.54) is 0 Å². The number of halogens is 1. The van der Waals surface area contributed by atoms with Crippen molar-refractivity contribution in [1.29, 1.82) is 0 Å². The number of ether oxygens (including phenoxy) is 2. The Labute approximate surface area is 69.7 Å². The minimum atomic E-state index is -1.85. The monoisotopic (exact) mass is 200 g/mol. The van der Waals surface area contributed by atoms with E-state index in [4.69, 9.17) is 10.7 Å². The minimum Gasteiger partial charge on any atom is -0.430 e. The number of hydrogen-bond donors (Lipinski definition) is 0. The maximum Gasteiger partial charge on any atom is 0.508 e. The Balaban J connectivity index is 2.18. The first kappa shape index (κ1) is 8.76. The first-order valence-corrected chi connectivity index (χ1v) is 4.63. The van der Waals surface area contributed by atoms with Crippen LogP contribution in [0.2, 0.25) is 0 Å². The quantitative estimate of drug-likeness (QED) is 0.486. The highest BCUT2D eigenvalue weighted by Crippen LogP contribution is 2.07. The predicted octanol–water partition coefficient (Wildman–Crippen LogP) is 0.356. The molecular formula is C4H5ClO5S. The van der Waals surface area contributed by atoms with Gasteiger partial charge in [-0.1, -0.05) is 0 Å². The average Bonchev–Trinajstić information content (AvgIpc) is 2.31. The zero-order chi connectivity index (χ0) is 8.27. The molecule has 0 aromatic rings. The molecule has 1 rings (SSSR count). The van der Waals surface area contributed by atoms with Crippen LogP contribution in [-0.2, 0) is 24.0 Å². The largest absolute Gasteiger partial charge is 0.508 e. The van der Waals surface area contributed by atoms with Gasteiger partial charge in [-0.2, -0.15) is 0 Å². The summed E-state index contributed by atoms with van der Waals surface area (Å²) >= 11 is 0. The number of cyclic esters (lactones) is 2. The number of carbonyl (C=O) groups excluding carboxylic acids is 1. The van der Waals surface area contributed by atoms with Gasteiger partial charge in [0.05, 0.1) is 0 Å². The molecule has 11 heavy (non-hydrogen) atoms. The molecule has 0 radical (unpaired) electrons. The van der Waals surface area contributed by atoms with Crippen LogP contribution in [0, 0.1) is 0 Å². The topological polar surface area (TPSA) is 61.8 Å². The van der Waals surface area contributed by atoms with E-state index < -0.39 is 22.6 Å². The summed E-state index contributed by atoms with van der Waals surface area (Å²) in [5.74, 6) is 0. The Morgan fingerprint density at radius 3 is 3.00 bits per heavy atom. The lowest BCUT2D eigenvalue weighted by Crippen LogP contribution is -2.17. The van der Waals surface area contributed by atoms with Gasteiger partial charge in [0.15, 0.2) is 6.10 Å². The van der Waals surface area contributed by atoms with Gasteiger partial charge in [0, 0.05) is 10.7 Å². The third kappa shape index (κ3) is 3.04. The van der Waals surface area contributed by atoms with Crippen molar-refractivity contribution >= 4 is 27.1 Å². The molecule has 1 aliphatic heterocycles. The second-order valence-corrected chi connectivity index (χ2v) is 3.16. The van der Waals surface area contributed by atoms with E-state index in [0.29, 0.717) is 0 Å². The van der Waals surface area contributed by atoms with E-state index in [9.17, 15) is 9.00 Å². The van der Waals surface area contributed by atoms with Gasteiger partial charge in [0.25, 0.3) is 10.3 Å². The Morgan fingerprint density at radius 2 is 2.55 bits per heavy atom. The predicted molar refractivity (Wildman–Crippen MR) is 36.2 cm³/mol. The highest BCUT2D eigenvalue weighted by Gasteiger charge is 2.25. The molecule has 5 nitrogen and oxygen atoms in total. The van der Waals surface area contributed by atoms with E-state index >= 15 is 0 Å². The molecule has 0 aromatic carbocycles. The highest BCUT2D eigenvalue weighted by molar-refractivity contribution is 8.04. The van der Waals surface area contributed by atoms with Crippen molar-refractivity contribution < 1.29 is 22.7 Å². The molecule has 7 heteroatoms. The molecule has 0 bridgehead atoms. The summed E-state index contributed by atoms with van der Waals surface area (Å²) in [5, 5.41) is 0. The van der Waals surface area contributed by atoms with E-state index in [0.717, 1.165) is 0 Å². The summed E-state index contributed by atoms with van der Waals surface area (Å²) in [6, 6.07) is 0. The highest BCUT2D eigenvalue weighted by atomic mass is 35.7. The lowest BCUT2D eigenvalue weighted by molar-refractivity contribution is 0.102. The van der Waals surface area contributed by atoms with E-state index in [1.807, 2.05) is 0 Å². The summed E-state index contributed by atoms with van der Waals surface area (Å²) < 4.78 is 23.6. The third-order valence-corrected chi connectivity index (χ3v) is 1.59. The molecule has 1 saturated heterocycles. The molecule has 1 aliphatic rings. The van der Waals surface area contributed by atoms with Gasteiger partial charge >= 0.3 is 6.16 Å². The second-order valence-electron chi connectivity index (χ2n) is 1.78. The van der Waals surface area contributed by atoms with Crippen molar-refractivity contribution in [2.75, 3.05) is 13.2 Å². The summed E-state index contributed by atoms with van der Waals surface area (Å²) in [5.41, 5.74) is 0. The van der Waals surface area contributed by atoms with Crippen molar-refractivity contribution in [3.05, 3.63) is 0 Å². The fourth-order valence-electron chi connectivity index (χ4n) is 0.577. The van der Waals surface area contributed by atoms with Gasteiger partial charge < -0.3 is 9.47 Å². The Bertz CT molecular complexity index is 183. The van der Waals surface area contributed by atoms with Crippen LogP contribution in [0.5, 0.6) is 0 Å². The molecule has 1 heterocycles. The van der Waals surface area contributed by atoms with Crippen LogP contribution >= 0.6 is 10.7 Å². The molecule has 0 aliphatic carbocycles. The van der Waals surface area contributed by atoms with Crippen molar-refractivity contribution in [2.24, 2.45) is 0 Å². The Kier molecular flexibility index (Phi) is 3.10. The van der Waals surface area contributed by atoms with Crippen molar-refractivity contribution in [1.82, 2.24) is 0 Å². The smallest absolute Gasteiger partial charge is 0.430 e.